The highest BCUT2D eigenvalue weighted by molar-refractivity contribution is 6.01. The molecule has 8 nitrogen and oxygen atoms in total. The summed E-state index contributed by atoms with van der Waals surface area (Å²) in [6.07, 6.45) is 2.17. The van der Waals surface area contributed by atoms with Gasteiger partial charge in [-0.2, -0.15) is 0 Å². The van der Waals surface area contributed by atoms with Crippen LogP contribution in [-0.4, -0.2) is 56.9 Å². The van der Waals surface area contributed by atoms with Crippen molar-refractivity contribution in [1.29, 1.82) is 0 Å². The summed E-state index contributed by atoms with van der Waals surface area (Å²) in [4.78, 5) is 26.5. The van der Waals surface area contributed by atoms with Crippen LogP contribution in [0.3, 0.4) is 0 Å². The first-order valence-electron chi connectivity index (χ1n) is 11.9. The van der Waals surface area contributed by atoms with Crippen LogP contribution >= 0.6 is 0 Å². The Hall–Kier alpha value is -3.20. The molecule has 0 amide bonds. The van der Waals surface area contributed by atoms with Gasteiger partial charge in [0, 0.05) is 31.6 Å². The summed E-state index contributed by atoms with van der Waals surface area (Å²) in [6, 6.07) is 11.1. The highest BCUT2D eigenvalue weighted by atomic mass is 16.8. The van der Waals surface area contributed by atoms with Crippen LogP contribution in [0, 0.1) is 0 Å². The Labute approximate surface area is 211 Å². The minimum atomic E-state index is -0.906. The Kier molecular flexibility index (Phi) is 7.78. The van der Waals surface area contributed by atoms with E-state index in [-0.39, 0.29) is 23.9 Å². The number of hydrogen-bond acceptors (Lipinski definition) is 8. The third kappa shape index (κ3) is 5.61. The van der Waals surface area contributed by atoms with Crippen LogP contribution in [0.25, 0.3) is 11.1 Å². The van der Waals surface area contributed by atoms with E-state index in [1.807, 2.05) is 24.3 Å². The van der Waals surface area contributed by atoms with Gasteiger partial charge in [-0.1, -0.05) is 30.3 Å². The number of rotatable bonds is 4. The van der Waals surface area contributed by atoms with Gasteiger partial charge in [0.1, 0.15) is 29.3 Å². The van der Waals surface area contributed by atoms with E-state index in [2.05, 4.69) is 0 Å². The van der Waals surface area contributed by atoms with E-state index in [0.29, 0.717) is 24.2 Å². The molecule has 2 aromatic rings. The molecule has 1 saturated heterocycles. The van der Waals surface area contributed by atoms with E-state index in [9.17, 15) is 9.59 Å². The lowest BCUT2D eigenvalue weighted by molar-refractivity contribution is -0.152. The number of carbonyl (C=O) groups is 2. The van der Waals surface area contributed by atoms with Gasteiger partial charge in [-0.25, -0.2) is 4.79 Å². The molecule has 4 rings (SSSR count). The average molecular weight is 497 g/mol. The largest absolute Gasteiger partial charge is 0.497 e. The Morgan fingerprint density at radius 2 is 1.83 bits per heavy atom. The number of fused-ring (bicyclic) bond motifs is 4. The van der Waals surface area contributed by atoms with Crippen LogP contribution in [0.4, 0.5) is 0 Å². The molecule has 0 radical (unpaired) electrons. The monoisotopic (exact) mass is 496 g/mol. The van der Waals surface area contributed by atoms with E-state index in [4.69, 9.17) is 28.4 Å². The number of ether oxygens (including phenoxy) is 6. The molecule has 1 fully saturated rings. The zero-order valence-corrected chi connectivity index (χ0v) is 21.2. The van der Waals surface area contributed by atoms with Crippen molar-refractivity contribution in [3.05, 3.63) is 59.7 Å². The fourth-order valence-corrected chi connectivity index (χ4v) is 4.53. The molecule has 0 aliphatic carbocycles. The number of ketones is 1. The molecule has 2 aliphatic rings. The van der Waals surface area contributed by atoms with Crippen molar-refractivity contribution in [2.75, 3.05) is 21.0 Å². The quantitative estimate of drug-likeness (QED) is 0.452. The van der Waals surface area contributed by atoms with Gasteiger partial charge < -0.3 is 28.4 Å². The van der Waals surface area contributed by atoms with Crippen LogP contribution in [0.5, 0.6) is 11.5 Å². The van der Waals surface area contributed by atoms with Gasteiger partial charge in [-0.15, -0.1) is 0 Å². The second-order valence-electron chi connectivity index (χ2n) is 9.31. The topological polar surface area (TPSA) is 89.5 Å². The first-order valence-corrected chi connectivity index (χ1v) is 11.9. The molecule has 36 heavy (non-hydrogen) atoms. The maximum absolute atomic E-state index is 13.5. The van der Waals surface area contributed by atoms with Crippen molar-refractivity contribution in [2.24, 2.45) is 0 Å². The van der Waals surface area contributed by atoms with Gasteiger partial charge in [0.15, 0.2) is 18.4 Å². The van der Waals surface area contributed by atoms with Crippen LogP contribution in [0.15, 0.2) is 48.6 Å². The smallest absolute Gasteiger partial charge is 0.342 e. The van der Waals surface area contributed by atoms with Crippen molar-refractivity contribution >= 4 is 11.8 Å². The molecule has 0 aromatic heterocycles. The molecule has 192 valence electrons. The van der Waals surface area contributed by atoms with E-state index in [0.717, 1.165) is 11.1 Å². The lowest BCUT2D eigenvalue weighted by Crippen LogP contribution is -2.32. The fraction of sp³-hybridized carbons (Fsp3) is 0.429. The lowest BCUT2D eigenvalue weighted by atomic mass is 9.90. The molecule has 0 saturated carbocycles. The molecule has 2 aliphatic heterocycles. The number of cyclic esters (lactones) is 1. The van der Waals surface area contributed by atoms with Gasteiger partial charge in [-0.05, 0) is 44.0 Å². The van der Waals surface area contributed by atoms with Crippen molar-refractivity contribution in [2.45, 2.75) is 57.7 Å². The number of carbonyl (C=O) groups excluding carboxylic acids is 2. The van der Waals surface area contributed by atoms with Gasteiger partial charge >= 0.3 is 5.97 Å². The number of hydrogen-bond donors (Lipinski definition) is 0. The van der Waals surface area contributed by atoms with Crippen molar-refractivity contribution in [3.63, 3.8) is 0 Å². The summed E-state index contributed by atoms with van der Waals surface area (Å²) < 4.78 is 34.3. The Bertz CT molecular complexity index is 1150. The van der Waals surface area contributed by atoms with E-state index < -0.39 is 30.1 Å². The summed E-state index contributed by atoms with van der Waals surface area (Å²) in [5, 5.41) is 0. The Morgan fingerprint density at radius 1 is 1.06 bits per heavy atom. The van der Waals surface area contributed by atoms with Crippen molar-refractivity contribution < 1.29 is 38.0 Å². The maximum Gasteiger partial charge on any atom is 0.342 e. The van der Waals surface area contributed by atoms with Crippen LogP contribution < -0.4 is 9.47 Å². The molecule has 2 heterocycles. The average Bonchev–Trinajstić information content (AvgIpc) is 3.15. The fourth-order valence-electron chi connectivity index (χ4n) is 4.53. The molecule has 8 heteroatoms. The predicted molar refractivity (Wildman–Crippen MR) is 132 cm³/mol. The standard InChI is InChI=1S/C28H32O8/c1-17-9-8-12-22(29)26-24(35-28(2,3)36-26)13-18-10-6-7-11-20(18)21-14-19(32-5)15-23(33-16-31-4)25(21)27(30)34-17/h6-8,10-12,14-15,17,24,26H,9,13,16H2,1-5H3/b12-8-/t17-,24+,26+/m0/s1. The first-order chi connectivity index (χ1) is 17.2. The van der Waals surface area contributed by atoms with Gasteiger partial charge in [-0.3, -0.25) is 4.79 Å². The summed E-state index contributed by atoms with van der Waals surface area (Å²) >= 11 is 0. The molecule has 2 aromatic carbocycles. The van der Waals surface area contributed by atoms with E-state index >= 15 is 0 Å². The number of methoxy groups -OCH3 is 2. The Balaban J connectivity index is 1.91. The molecule has 0 spiro atoms. The zero-order valence-electron chi connectivity index (χ0n) is 21.2. The maximum atomic E-state index is 13.5. The minimum absolute atomic E-state index is 0.0566. The third-order valence-corrected chi connectivity index (χ3v) is 6.10. The van der Waals surface area contributed by atoms with Gasteiger partial charge in [0.05, 0.1) is 13.2 Å². The molecule has 0 unspecified atom stereocenters. The normalized spacial score (nSPS) is 24.5. The summed E-state index contributed by atoms with van der Waals surface area (Å²) in [5.41, 5.74) is 2.49. The number of benzene rings is 2. The minimum Gasteiger partial charge on any atom is -0.497 e. The summed E-state index contributed by atoms with van der Waals surface area (Å²) in [7, 11) is 3.05. The molecule has 0 N–H and O–H groups in total. The lowest BCUT2D eigenvalue weighted by Gasteiger charge is -2.22. The third-order valence-electron chi connectivity index (χ3n) is 6.10. The van der Waals surface area contributed by atoms with Gasteiger partial charge in [0.25, 0.3) is 0 Å². The van der Waals surface area contributed by atoms with Crippen molar-refractivity contribution in [1.82, 2.24) is 0 Å². The zero-order chi connectivity index (χ0) is 25.9. The van der Waals surface area contributed by atoms with Crippen molar-refractivity contribution in [3.8, 4) is 22.6 Å². The molecular formula is C28H32O8. The van der Waals surface area contributed by atoms with E-state index in [1.54, 1.807) is 46.1 Å². The Morgan fingerprint density at radius 3 is 2.58 bits per heavy atom. The number of esters is 1. The van der Waals surface area contributed by atoms with Crippen LogP contribution in [-0.2, 0) is 30.2 Å². The summed E-state index contributed by atoms with van der Waals surface area (Å²) in [6.45, 7) is 5.31. The molecule has 3 atom stereocenters. The summed E-state index contributed by atoms with van der Waals surface area (Å²) in [5.74, 6) is -0.839. The van der Waals surface area contributed by atoms with Gasteiger partial charge in [0.2, 0.25) is 0 Å². The highest BCUT2D eigenvalue weighted by Gasteiger charge is 2.44. The molecule has 0 bridgehead atoms. The second kappa shape index (κ2) is 10.8. The SMILES string of the molecule is COCOc1cc(OC)cc2c1C(=O)O[C@@H](C)C/C=C\C(=O)[C@H]1OC(C)(C)O[C@@H]1Cc1ccccc1-2. The van der Waals surface area contributed by atoms with Crippen LogP contribution in [0.1, 0.15) is 43.1 Å². The predicted octanol–water partition coefficient (Wildman–Crippen LogP) is 4.48. The van der Waals surface area contributed by atoms with Crippen LogP contribution in [0.2, 0.25) is 0 Å². The van der Waals surface area contributed by atoms with E-state index in [1.165, 1.54) is 13.2 Å². The first kappa shape index (κ1) is 25.9. The second-order valence-corrected chi connectivity index (χ2v) is 9.31. The highest BCUT2D eigenvalue weighted by Crippen LogP contribution is 2.40. The molecular weight excluding hydrogens is 464 g/mol.